The molecule has 0 aliphatic rings. The number of rotatable bonds is 7. The zero-order valence-electron chi connectivity index (χ0n) is 19.0. The zero-order valence-corrected chi connectivity index (χ0v) is 20.5. The fraction of sp³-hybridized carbons (Fsp3) is 0.231. The van der Waals surface area contributed by atoms with Gasteiger partial charge in [0.15, 0.2) is 11.5 Å². The van der Waals surface area contributed by atoms with Gasteiger partial charge in [-0.25, -0.2) is 5.43 Å². The molecule has 0 saturated carbocycles. The Bertz CT molecular complexity index is 1140. The number of amides is 1. The van der Waals surface area contributed by atoms with Crippen molar-refractivity contribution in [3.05, 3.63) is 93.0 Å². The largest absolute Gasteiger partial charge is 0.493 e. The van der Waals surface area contributed by atoms with Gasteiger partial charge in [0.25, 0.3) is 5.91 Å². The minimum Gasteiger partial charge on any atom is -0.493 e. The van der Waals surface area contributed by atoms with Gasteiger partial charge in [-0.3, -0.25) is 4.79 Å². The van der Waals surface area contributed by atoms with Crippen LogP contribution in [0.4, 0.5) is 0 Å². The molecule has 5 nitrogen and oxygen atoms in total. The van der Waals surface area contributed by atoms with Crippen LogP contribution in [0.1, 0.15) is 47.8 Å². The van der Waals surface area contributed by atoms with E-state index < -0.39 is 0 Å². The average Bonchev–Trinajstić information content (AvgIpc) is 2.78. The molecule has 0 aromatic heterocycles. The maximum Gasteiger partial charge on any atom is 0.271 e. The summed E-state index contributed by atoms with van der Waals surface area (Å²) in [5.41, 5.74) is 5.84. The molecule has 0 aliphatic carbocycles. The van der Waals surface area contributed by atoms with Crippen molar-refractivity contribution in [3.8, 4) is 11.5 Å². The first-order valence-corrected chi connectivity index (χ1v) is 11.1. The van der Waals surface area contributed by atoms with E-state index >= 15 is 0 Å². The molecule has 0 bridgehead atoms. The van der Waals surface area contributed by atoms with Crippen molar-refractivity contribution >= 4 is 35.3 Å². The molecule has 1 amide bonds. The highest BCUT2D eigenvalue weighted by Crippen LogP contribution is 2.36. The van der Waals surface area contributed by atoms with Gasteiger partial charge < -0.3 is 9.47 Å². The number of methoxy groups -OCH3 is 1. The lowest BCUT2D eigenvalue weighted by Crippen LogP contribution is -2.18. The molecule has 172 valence electrons. The van der Waals surface area contributed by atoms with Crippen molar-refractivity contribution in [2.24, 2.45) is 5.10 Å². The van der Waals surface area contributed by atoms with Crippen LogP contribution in [-0.2, 0) is 12.0 Å². The Morgan fingerprint density at radius 2 is 1.70 bits per heavy atom. The van der Waals surface area contributed by atoms with Gasteiger partial charge in [0.1, 0.15) is 6.61 Å². The number of halogens is 2. The van der Waals surface area contributed by atoms with Crippen molar-refractivity contribution < 1.29 is 14.3 Å². The van der Waals surface area contributed by atoms with Crippen LogP contribution in [0.15, 0.2) is 65.8 Å². The standard InChI is InChI=1S/C26H26Cl2N2O3/c1-26(2,3)20-9-7-19(8-10-20)25(31)30-29-15-18-13-22(28)24(23(14-18)32-4)33-16-17-5-11-21(27)12-6-17/h5-15H,16H2,1-4H3,(H,30,31)/b29-15-. The third-order valence-electron chi connectivity index (χ3n) is 4.94. The molecule has 0 atom stereocenters. The van der Waals surface area contributed by atoms with Gasteiger partial charge in [0.05, 0.1) is 18.3 Å². The molecule has 0 saturated heterocycles. The van der Waals surface area contributed by atoms with Crippen LogP contribution in [0.25, 0.3) is 0 Å². The molecule has 33 heavy (non-hydrogen) atoms. The van der Waals surface area contributed by atoms with Crippen LogP contribution in [0.2, 0.25) is 10.0 Å². The summed E-state index contributed by atoms with van der Waals surface area (Å²) < 4.78 is 11.3. The lowest BCUT2D eigenvalue weighted by atomic mass is 9.87. The smallest absolute Gasteiger partial charge is 0.271 e. The summed E-state index contributed by atoms with van der Waals surface area (Å²) >= 11 is 12.3. The number of hydrogen-bond acceptors (Lipinski definition) is 4. The van der Waals surface area contributed by atoms with E-state index in [1.165, 1.54) is 13.3 Å². The maximum atomic E-state index is 12.4. The first-order valence-electron chi connectivity index (χ1n) is 10.4. The molecular weight excluding hydrogens is 459 g/mol. The normalized spacial score (nSPS) is 11.5. The highest BCUT2D eigenvalue weighted by atomic mass is 35.5. The number of carbonyl (C=O) groups excluding carboxylic acids is 1. The Morgan fingerprint density at radius 1 is 1.03 bits per heavy atom. The number of hydrogen-bond donors (Lipinski definition) is 1. The van der Waals surface area contributed by atoms with E-state index in [0.29, 0.717) is 39.3 Å². The van der Waals surface area contributed by atoms with Crippen molar-refractivity contribution in [1.29, 1.82) is 0 Å². The predicted molar refractivity (Wildman–Crippen MR) is 134 cm³/mol. The van der Waals surface area contributed by atoms with Gasteiger partial charge in [0.2, 0.25) is 0 Å². The molecule has 0 heterocycles. The fourth-order valence-electron chi connectivity index (χ4n) is 3.04. The summed E-state index contributed by atoms with van der Waals surface area (Å²) in [7, 11) is 1.53. The SMILES string of the molecule is COc1cc(/C=N\NC(=O)c2ccc(C(C)(C)C)cc2)cc(Cl)c1OCc1ccc(Cl)cc1. The van der Waals surface area contributed by atoms with Gasteiger partial charge in [-0.1, -0.05) is 68.2 Å². The topological polar surface area (TPSA) is 59.9 Å². The maximum absolute atomic E-state index is 12.4. The Balaban J connectivity index is 1.66. The highest BCUT2D eigenvalue weighted by Gasteiger charge is 2.14. The molecule has 0 unspecified atom stereocenters. The van der Waals surface area contributed by atoms with Gasteiger partial charge in [-0.2, -0.15) is 5.10 Å². The van der Waals surface area contributed by atoms with Crippen molar-refractivity contribution in [2.45, 2.75) is 32.8 Å². The van der Waals surface area contributed by atoms with Crippen molar-refractivity contribution in [2.75, 3.05) is 7.11 Å². The van der Waals surface area contributed by atoms with Crippen LogP contribution in [0, 0.1) is 0 Å². The summed E-state index contributed by atoms with van der Waals surface area (Å²) in [5, 5.41) is 5.07. The summed E-state index contributed by atoms with van der Waals surface area (Å²) in [6, 6.07) is 18.3. The third kappa shape index (κ3) is 6.73. The summed E-state index contributed by atoms with van der Waals surface area (Å²) in [6.07, 6.45) is 1.50. The van der Waals surface area contributed by atoms with Gasteiger partial charge in [-0.15, -0.1) is 0 Å². The number of carbonyl (C=O) groups is 1. The molecule has 0 spiro atoms. The number of benzene rings is 3. The van der Waals surface area contributed by atoms with Crippen molar-refractivity contribution in [3.63, 3.8) is 0 Å². The van der Waals surface area contributed by atoms with E-state index in [2.05, 4.69) is 31.3 Å². The first-order chi connectivity index (χ1) is 15.7. The molecule has 0 aliphatic heterocycles. The second kappa shape index (κ2) is 10.7. The van der Waals surface area contributed by atoms with E-state index in [1.54, 1.807) is 36.4 Å². The van der Waals surface area contributed by atoms with Gasteiger partial charge in [-0.05, 0) is 58.5 Å². The monoisotopic (exact) mass is 484 g/mol. The Morgan fingerprint density at radius 3 is 2.30 bits per heavy atom. The van der Waals surface area contributed by atoms with Crippen LogP contribution >= 0.6 is 23.2 Å². The Hall–Kier alpha value is -3.02. The molecular formula is C26H26Cl2N2O3. The van der Waals surface area contributed by atoms with Crippen LogP contribution in [0.3, 0.4) is 0 Å². The second-order valence-electron chi connectivity index (χ2n) is 8.48. The molecule has 3 rings (SSSR count). The fourth-order valence-corrected chi connectivity index (χ4v) is 3.44. The zero-order chi connectivity index (χ0) is 24.0. The minimum absolute atomic E-state index is 0.0240. The average molecular weight is 485 g/mol. The number of hydrazone groups is 1. The van der Waals surface area contributed by atoms with E-state index in [9.17, 15) is 4.79 Å². The molecule has 3 aromatic carbocycles. The molecule has 3 aromatic rings. The van der Waals surface area contributed by atoms with Crippen LogP contribution < -0.4 is 14.9 Å². The molecule has 0 fully saturated rings. The van der Waals surface area contributed by atoms with Gasteiger partial charge in [0, 0.05) is 10.6 Å². The van der Waals surface area contributed by atoms with Crippen LogP contribution in [-0.4, -0.2) is 19.2 Å². The third-order valence-corrected chi connectivity index (χ3v) is 5.47. The molecule has 0 radical (unpaired) electrons. The Labute approximate surface area is 204 Å². The summed E-state index contributed by atoms with van der Waals surface area (Å²) in [4.78, 5) is 12.4. The summed E-state index contributed by atoms with van der Waals surface area (Å²) in [5.74, 6) is 0.587. The number of nitrogens with zero attached hydrogens (tertiary/aromatic N) is 1. The predicted octanol–water partition coefficient (Wildman–Crippen LogP) is 6.64. The number of ether oxygens (including phenoxy) is 2. The Kier molecular flexibility index (Phi) is 8.01. The quantitative estimate of drug-likeness (QED) is 0.301. The van der Waals surface area contributed by atoms with E-state index in [-0.39, 0.29) is 11.3 Å². The lowest BCUT2D eigenvalue weighted by molar-refractivity contribution is 0.0955. The van der Waals surface area contributed by atoms with Crippen molar-refractivity contribution in [1.82, 2.24) is 5.43 Å². The van der Waals surface area contributed by atoms with E-state index in [1.807, 2.05) is 24.3 Å². The minimum atomic E-state index is -0.298. The first kappa shape index (κ1) is 24.6. The van der Waals surface area contributed by atoms with Crippen LogP contribution in [0.5, 0.6) is 11.5 Å². The summed E-state index contributed by atoms with van der Waals surface area (Å²) in [6.45, 7) is 6.68. The number of nitrogens with one attached hydrogen (secondary N) is 1. The van der Waals surface area contributed by atoms with E-state index in [0.717, 1.165) is 11.1 Å². The van der Waals surface area contributed by atoms with E-state index in [4.69, 9.17) is 32.7 Å². The second-order valence-corrected chi connectivity index (χ2v) is 9.32. The molecule has 7 heteroatoms. The van der Waals surface area contributed by atoms with Gasteiger partial charge >= 0.3 is 0 Å². The molecule has 1 N–H and O–H groups in total. The highest BCUT2D eigenvalue weighted by molar-refractivity contribution is 6.32. The lowest BCUT2D eigenvalue weighted by Gasteiger charge is -2.18.